The third-order valence-corrected chi connectivity index (χ3v) is 4.26. The van der Waals surface area contributed by atoms with Crippen LogP contribution in [0.2, 0.25) is 0 Å². The first-order chi connectivity index (χ1) is 9.14. The predicted octanol–water partition coefficient (Wildman–Crippen LogP) is 4.01. The smallest absolute Gasteiger partial charge is 0.181 e. The fraction of sp³-hybridized carbons (Fsp3) is 0.529. The molecule has 0 amide bonds. The molecule has 2 aromatic rings. The Morgan fingerprint density at radius 1 is 0.900 bits per heavy atom. The van der Waals surface area contributed by atoms with Gasteiger partial charge in [0, 0.05) is 12.6 Å². The normalized spacial score (nSPS) is 12.0. The molecule has 0 aliphatic rings. The van der Waals surface area contributed by atoms with Gasteiger partial charge in [0.1, 0.15) is 6.33 Å². The highest BCUT2D eigenvalue weighted by atomic mass is 15.3. The number of hydrogen-bond acceptors (Lipinski definition) is 2. The van der Waals surface area contributed by atoms with Crippen LogP contribution in [0, 0.1) is 27.7 Å². The molecule has 0 aliphatic heterocycles. The van der Waals surface area contributed by atoms with Crippen LogP contribution in [-0.2, 0) is 12.5 Å². The Bertz CT molecular complexity index is 658. The molecule has 0 N–H and O–H groups in total. The van der Waals surface area contributed by atoms with Crippen LogP contribution < -0.4 is 0 Å². The zero-order valence-corrected chi connectivity index (χ0v) is 13.9. The maximum Gasteiger partial charge on any atom is 0.181 e. The maximum atomic E-state index is 4.53. The third kappa shape index (κ3) is 2.26. The number of aromatic nitrogens is 3. The zero-order chi connectivity index (χ0) is 15.2. The molecule has 3 nitrogen and oxygen atoms in total. The molecule has 0 spiro atoms. The summed E-state index contributed by atoms with van der Waals surface area (Å²) < 4.78 is 1.77. The molecule has 0 atom stereocenters. The van der Waals surface area contributed by atoms with Crippen LogP contribution in [0.15, 0.2) is 6.33 Å². The van der Waals surface area contributed by atoms with Gasteiger partial charge in [-0.15, -0.1) is 0 Å². The Labute approximate surface area is 122 Å². The second-order valence-corrected chi connectivity index (χ2v) is 6.74. The average molecular weight is 271 g/mol. The van der Waals surface area contributed by atoms with Crippen molar-refractivity contribution in [2.75, 3.05) is 0 Å². The van der Waals surface area contributed by atoms with Gasteiger partial charge < -0.3 is 0 Å². The van der Waals surface area contributed by atoms with E-state index in [2.05, 4.69) is 58.5 Å². The third-order valence-electron chi connectivity index (χ3n) is 4.26. The summed E-state index contributed by atoms with van der Waals surface area (Å²) in [4.78, 5) is 4.48. The summed E-state index contributed by atoms with van der Waals surface area (Å²) in [6, 6.07) is 0. The van der Waals surface area contributed by atoms with Gasteiger partial charge in [-0.05, 0) is 60.9 Å². The zero-order valence-electron chi connectivity index (χ0n) is 13.9. The van der Waals surface area contributed by atoms with E-state index in [0.29, 0.717) is 0 Å². The van der Waals surface area contributed by atoms with E-state index in [1.54, 1.807) is 11.0 Å². The monoisotopic (exact) mass is 271 g/mol. The number of aryl methyl sites for hydroxylation is 1. The van der Waals surface area contributed by atoms with Gasteiger partial charge in [-0.1, -0.05) is 20.8 Å². The summed E-state index contributed by atoms with van der Waals surface area (Å²) in [6.07, 6.45) is 1.77. The van der Waals surface area contributed by atoms with Gasteiger partial charge in [-0.25, -0.2) is 4.98 Å². The summed E-state index contributed by atoms with van der Waals surface area (Å²) >= 11 is 0. The molecule has 3 heteroatoms. The average Bonchev–Trinajstić information content (AvgIpc) is 2.75. The van der Waals surface area contributed by atoms with E-state index in [0.717, 1.165) is 5.82 Å². The van der Waals surface area contributed by atoms with E-state index in [4.69, 9.17) is 0 Å². The van der Waals surface area contributed by atoms with E-state index in [9.17, 15) is 0 Å². The lowest BCUT2D eigenvalue weighted by molar-refractivity contribution is 0.585. The molecule has 1 aromatic heterocycles. The molecule has 2 rings (SSSR count). The largest absolute Gasteiger partial charge is 0.255 e. The molecule has 108 valence electrons. The Balaban J connectivity index is 2.91. The van der Waals surface area contributed by atoms with Gasteiger partial charge in [-0.2, -0.15) is 5.10 Å². The lowest BCUT2D eigenvalue weighted by atomic mass is 9.76. The van der Waals surface area contributed by atoms with Crippen molar-refractivity contribution in [1.82, 2.24) is 14.8 Å². The van der Waals surface area contributed by atoms with Crippen molar-refractivity contribution >= 4 is 0 Å². The summed E-state index contributed by atoms with van der Waals surface area (Å²) in [5.41, 5.74) is 8.03. The van der Waals surface area contributed by atoms with Crippen LogP contribution in [0.1, 0.15) is 48.6 Å². The second kappa shape index (κ2) is 4.72. The molecular weight excluding hydrogens is 246 g/mol. The minimum atomic E-state index is 0.0713. The molecule has 1 aromatic carbocycles. The quantitative estimate of drug-likeness (QED) is 0.784. The topological polar surface area (TPSA) is 30.7 Å². The summed E-state index contributed by atoms with van der Waals surface area (Å²) in [6.45, 7) is 15.6. The molecule has 0 bridgehead atoms. The van der Waals surface area contributed by atoms with Crippen LogP contribution in [0.3, 0.4) is 0 Å². The maximum absolute atomic E-state index is 4.53. The summed E-state index contributed by atoms with van der Waals surface area (Å²) in [5.74, 6) is 0.834. The highest BCUT2D eigenvalue weighted by molar-refractivity contribution is 5.71. The highest BCUT2D eigenvalue weighted by Gasteiger charge is 2.26. The minimum Gasteiger partial charge on any atom is -0.255 e. The van der Waals surface area contributed by atoms with E-state index in [1.165, 1.54) is 33.4 Å². The number of nitrogens with zero attached hydrogens (tertiary/aromatic N) is 3. The molecule has 0 saturated carbocycles. The first-order valence-corrected chi connectivity index (χ1v) is 7.11. The number of hydrogen-bond donors (Lipinski definition) is 0. The number of benzene rings is 1. The standard InChI is InChI=1S/C17H25N3/c1-10-11(2)13(4)15(17(5,6)7)14(12(10)3)16-18-9-20(8)19-16/h9H,1-8H3. The van der Waals surface area contributed by atoms with E-state index in [-0.39, 0.29) is 5.41 Å². The van der Waals surface area contributed by atoms with Gasteiger partial charge in [0.2, 0.25) is 0 Å². The molecule has 0 unspecified atom stereocenters. The van der Waals surface area contributed by atoms with Crippen LogP contribution in [0.5, 0.6) is 0 Å². The van der Waals surface area contributed by atoms with Crippen LogP contribution in [-0.4, -0.2) is 14.8 Å². The Morgan fingerprint density at radius 2 is 1.45 bits per heavy atom. The van der Waals surface area contributed by atoms with Gasteiger partial charge in [-0.3, -0.25) is 4.68 Å². The number of rotatable bonds is 1. The van der Waals surface area contributed by atoms with E-state index in [1.807, 2.05) is 7.05 Å². The van der Waals surface area contributed by atoms with Crippen molar-refractivity contribution in [1.29, 1.82) is 0 Å². The minimum absolute atomic E-state index is 0.0713. The van der Waals surface area contributed by atoms with Crippen molar-refractivity contribution < 1.29 is 0 Å². The molecule has 0 fully saturated rings. The summed E-state index contributed by atoms with van der Waals surface area (Å²) in [5, 5.41) is 4.53. The van der Waals surface area contributed by atoms with Crippen molar-refractivity contribution in [3.63, 3.8) is 0 Å². The van der Waals surface area contributed by atoms with E-state index < -0.39 is 0 Å². The van der Waals surface area contributed by atoms with Crippen LogP contribution in [0.4, 0.5) is 0 Å². The first-order valence-electron chi connectivity index (χ1n) is 7.11. The Kier molecular flexibility index (Phi) is 3.49. The SMILES string of the molecule is Cc1c(C)c(C)c(C(C)(C)C)c(-c2ncn(C)n2)c1C. The van der Waals surface area contributed by atoms with E-state index >= 15 is 0 Å². The fourth-order valence-corrected chi connectivity index (χ4v) is 2.98. The fourth-order valence-electron chi connectivity index (χ4n) is 2.98. The summed E-state index contributed by atoms with van der Waals surface area (Å²) in [7, 11) is 1.91. The van der Waals surface area contributed by atoms with Gasteiger partial charge in [0.25, 0.3) is 0 Å². The van der Waals surface area contributed by atoms with Gasteiger partial charge in [0.05, 0.1) is 0 Å². The van der Waals surface area contributed by atoms with Crippen LogP contribution in [0.25, 0.3) is 11.4 Å². The van der Waals surface area contributed by atoms with Crippen molar-refractivity contribution in [3.05, 3.63) is 34.1 Å². The first kappa shape index (κ1) is 14.8. The highest BCUT2D eigenvalue weighted by Crippen LogP contribution is 2.39. The lowest BCUT2D eigenvalue weighted by Crippen LogP contribution is -2.18. The van der Waals surface area contributed by atoms with Crippen molar-refractivity contribution in [3.8, 4) is 11.4 Å². The molecule has 20 heavy (non-hydrogen) atoms. The van der Waals surface area contributed by atoms with Gasteiger partial charge in [0.15, 0.2) is 5.82 Å². The second-order valence-electron chi connectivity index (χ2n) is 6.74. The van der Waals surface area contributed by atoms with Crippen molar-refractivity contribution in [2.24, 2.45) is 7.05 Å². The van der Waals surface area contributed by atoms with Crippen LogP contribution >= 0.6 is 0 Å². The molecule has 0 aliphatic carbocycles. The molecule has 0 radical (unpaired) electrons. The molecule has 0 saturated heterocycles. The predicted molar refractivity (Wildman–Crippen MR) is 84.1 cm³/mol. The Hall–Kier alpha value is -1.64. The lowest BCUT2D eigenvalue weighted by Gasteiger charge is -2.28. The molecular formula is C17H25N3. The molecule has 1 heterocycles. The van der Waals surface area contributed by atoms with Crippen molar-refractivity contribution in [2.45, 2.75) is 53.9 Å². The van der Waals surface area contributed by atoms with Gasteiger partial charge >= 0.3 is 0 Å². The Morgan fingerprint density at radius 3 is 1.90 bits per heavy atom.